The number of thioether (sulfide) groups is 1. The minimum absolute atomic E-state index is 0.381. The molecule has 0 aromatic carbocycles. The molecule has 1 heterocycles. The van der Waals surface area contributed by atoms with Crippen LogP contribution in [0.25, 0.3) is 0 Å². The number of likely N-dealkylation sites (tertiary alicyclic amines) is 1. The van der Waals surface area contributed by atoms with Gasteiger partial charge in [-0.1, -0.05) is 17.7 Å². The van der Waals surface area contributed by atoms with Crippen molar-refractivity contribution in [3.8, 4) is 11.2 Å². The highest BCUT2D eigenvalue weighted by Crippen LogP contribution is 2.04. The van der Waals surface area contributed by atoms with Gasteiger partial charge in [0.1, 0.15) is 0 Å². The Morgan fingerprint density at radius 3 is 3.09 bits per heavy atom. The molecular weight excluding hydrogens is 156 g/mol. The molecule has 0 saturated carbocycles. The fraction of sp³-hybridized carbons (Fsp3) is 0.750. The zero-order valence-electron chi connectivity index (χ0n) is 6.84. The average Bonchev–Trinajstić information content (AvgIpc) is 2.37. The van der Waals surface area contributed by atoms with Gasteiger partial charge < -0.3 is 5.73 Å². The van der Waals surface area contributed by atoms with Gasteiger partial charge in [-0.05, 0) is 17.9 Å². The third-order valence-corrected chi connectivity index (χ3v) is 2.13. The molecule has 11 heavy (non-hydrogen) atoms. The number of nitrogens with zero attached hydrogens (tertiary/aromatic N) is 1. The van der Waals surface area contributed by atoms with E-state index in [0.717, 1.165) is 26.1 Å². The predicted octanol–water partition coefficient (Wildman–Crippen LogP) is 0.343. The van der Waals surface area contributed by atoms with Crippen molar-refractivity contribution in [2.24, 2.45) is 5.73 Å². The zero-order chi connectivity index (χ0) is 8.10. The van der Waals surface area contributed by atoms with E-state index in [1.807, 2.05) is 6.26 Å². The summed E-state index contributed by atoms with van der Waals surface area (Å²) in [7, 11) is 0. The molecule has 0 aromatic heterocycles. The molecule has 0 aromatic rings. The molecule has 0 bridgehead atoms. The van der Waals surface area contributed by atoms with Crippen LogP contribution >= 0.6 is 11.8 Å². The first kappa shape index (κ1) is 8.92. The summed E-state index contributed by atoms with van der Waals surface area (Å²) in [6.07, 6.45) is 3.11. The summed E-state index contributed by atoms with van der Waals surface area (Å²) in [6, 6.07) is 0.381. The van der Waals surface area contributed by atoms with E-state index in [2.05, 4.69) is 16.1 Å². The van der Waals surface area contributed by atoms with Crippen LogP contribution in [0.1, 0.15) is 6.42 Å². The summed E-state index contributed by atoms with van der Waals surface area (Å²) in [5, 5.41) is 2.97. The lowest BCUT2D eigenvalue weighted by molar-refractivity contribution is 0.377. The quantitative estimate of drug-likeness (QED) is 0.576. The highest BCUT2D eigenvalue weighted by Gasteiger charge is 2.17. The van der Waals surface area contributed by atoms with E-state index in [1.54, 1.807) is 11.8 Å². The van der Waals surface area contributed by atoms with E-state index in [9.17, 15) is 0 Å². The van der Waals surface area contributed by atoms with Crippen molar-refractivity contribution in [1.29, 1.82) is 0 Å². The third-order valence-electron chi connectivity index (χ3n) is 1.79. The van der Waals surface area contributed by atoms with Gasteiger partial charge in [0.25, 0.3) is 0 Å². The summed E-state index contributed by atoms with van der Waals surface area (Å²) >= 11 is 1.57. The van der Waals surface area contributed by atoms with Gasteiger partial charge in [0, 0.05) is 19.1 Å². The standard InChI is InChI=1S/C8H14N2S/c1-11-6-2-4-10-5-3-8(9)7-10/h8H,3-5,7,9H2,1H3. The van der Waals surface area contributed by atoms with Gasteiger partial charge in [-0.3, -0.25) is 4.90 Å². The molecule has 1 saturated heterocycles. The van der Waals surface area contributed by atoms with Crippen LogP contribution < -0.4 is 5.73 Å². The van der Waals surface area contributed by atoms with Crippen LogP contribution in [0, 0.1) is 11.2 Å². The summed E-state index contributed by atoms with van der Waals surface area (Å²) in [4.78, 5) is 2.30. The van der Waals surface area contributed by atoms with Gasteiger partial charge in [-0.15, -0.1) is 0 Å². The number of rotatable bonds is 1. The minimum atomic E-state index is 0.381. The smallest absolute Gasteiger partial charge is 0.0611 e. The number of hydrogen-bond donors (Lipinski definition) is 1. The van der Waals surface area contributed by atoms with Crippen LogP contribution in [0.2, 0.25) is 0 Å². The summed E-state index contributed by atoms with van der Waals surface area (Å²) in [5.74, 6) is 3.08. The van der Waals surface area contributed by atoms with Crippen molar-refractivity contribution in [1.82, 2.24) is 4.90 Å². The van der Waals surface area contributed by atoms with Crippen molar-refractivity contribution in [3.63, 3.8) is 0 Å². The van der Waals surface area contributed by atoms with Gasteiger partial charge in [-0.2, -0.15) is 0 Å². The lowest BCUT2D eigenvalue weighted by atomic mass is 10.3. The van der Waals surface area contributed by atoms with E-state index in [1.165, 1.54) is 0 Å². The normalized spacial score (nSPS) is 24.7. The Morgan fingerprint density at radius 2 is 2.55 bits per heavy atom. The molecule has 0 radical (unpaired) electrons. The van der Waals surface area contributed by atoms with E-state index in [4.69, 9.17) is 5.73 Å². The Morgan fingerprint density at radius 1 is 1.73 bits per heavy atom. The highest BCUT2D eigenvalue weighted by atomic mass is 32.2. The van der Waals surface area contributed by atoms with Crippen molar-refractivity contribution < 1.29 is 0 Å². The fourth-order valence-corrected chi connectivity index (χ4v) is 1.43. The SMILES string of the molecule is CSC#CCN1CCC(N)C1. The predicted molar refractivity (Wildman–Crippen MR) is 50.3 cm³/mol. The van der Waals surface area contributed by atoms with Crippen LogP contribution in [0.4, 0.5) is 0 Å². The second-order valence-corrected chi connectivity index (χ2v) is 3.38. The molecule has 1 aliphatic rings. The molecule has 62 valence electrons. The molecule has 1 fully saturated rings. The maximum atomic E-state index is 5.73. The van der Waals surface area contributed by atoms with Crippen LogP contribution in [-0.4, -0.2) is 36.8 Å². The Bertz CT molecular complexity index is 171. The monoisotopic (exact) mass is 170 g/mol. The molecule has 0 spiro atoms. The molecule has 0 aliphatic carbocycles. The van der Waals surface area contributed by atoms with Crippen LogP contribution in [0.3, 0.4) is 0 Å². The molecule has 2 N–H and O–H groups in total. The minimum Gasteiger partial charge on any atom is -0.326 e. The Kier molecular flexibility index (Phi) is 3.78. The molecule has 0 amide bonds. The maximum Gasteiger partial charge on any atom is 0.0611 e. The van der Waals surface area contributed by atoms with E-state index >= 15 is 0 Å². The molecule has 1 rings (SSSR count). The van der Waals surface area contributed by atoms with E-state index < -0.39 is 0 Å². The molecule has 3 heteroatoms. The molecule has 2 nitrogen and oxygen atoms in total. The Balaban J connectivity index is 2.18. The van der Waals surface area contributed by atoms with Crippen molar-refractivity contribution >= 4 is 11.8 Å². The highest BCUT2D eigenvalue weighted by molar-refractivity contribution is 8.03. The first-order chi connectivity index (χ1) is 5.33. The van der Waals surface area contributed by atoms with Crippen LogP contribution in [0.5, 0.6) is 0 Å². The van der Waals surface area contributed by atoms with Crippen molar-refractivity contribution in [3.05, 3.63) is 0 Å². The summed E-state index contributed by atoms with van der Waals surface area (Å²) in [6.45, 7) is 3.02. The van der Waals surface area contributed by atoms with Gasteiger partial charge >= 0.3 is 0 Å². The number of nitrogens with two attached hydrogens (primary N) is 1. The summed E-state index contributed by atoms with van der Waals surface area (Å²) in [5.41, 5.74) is 5.73. The van der Waals surface area contributed by atoms with Gasteiger partial charge in [0.15, 0.2) is 0 Å². The lowest BCUT2D eigenvalue weighted by Gasteiger charge is -2.09. The Labute approximate surface area is 72.5 Å². The topological polar surface area (TPSA) is 29.3 Å². The van der Waals surface area contributed by atoms with Crippen LogP contribution in [0.15, 0.2) is 0 Å². The van der Waals surface area contributed by atoms with Crippen LogP contribution in [-0.2, 0) is 0 Å². The molecular formula is C8H14N2S. The van der Waals surface area contributed by atoms with Crippen molar-refractivity contribution in [2.75, 3.05) is 25.9 Å². The van der Waals surface area contributed by atoms with Gasteiger partial charge in [0.05, 0.1) is 6.54 Å². The van der Waals surface area contributed by atoms with E-state index in [0.29, 0.717) is 6.04 Å². The van der Waals surface area contributed by atoms with Crippen molar-refractivity contribution in [2.45, 2.75) is 12.5 Å². The summed E-state index contributed by atoms with van der Waals surface area (Å²) < 4.78 is 0. The lowest BCUT2D eigenvalue weighted by Crippen LogP contribution is -2.26. The molecule has 1 unspecified atom stereocenters. The van der Waals surface area contributed by atoms with Gasteiger partial charge in [0.2, 0.25) is 0 Å². The molecule has 1 aliphatic heterocycles. The maximum absolute atomic E-state index is 5.73. The second kappa shape index (κ2) is 4.66. The van der Waals surface area contributed by atoms with Gasteiger partial charge in [-0.25, -0.2) is 0 Å². The van der Waals surface area contributed by atoms with E-state index in [-0.39, 0.29) is 0 Å². The number of hydrogen-bond acceptors (Lipinski definition) is 3. The zero-order valence-corrected chi connectivity index (χ0v) is 7.66. The fourth-order valence-electron chi connectivity index (χ4n) is 1.22. The molecule has 1 atom stereocenters. The third kappa shape index (κ3) is 3.15. The average molecular weight is 170 g/mol. The Hall–Kier alpha value is -0.170. The first-order valence-corrected chi connectivity index (χ1v) is 5.04. The second-order valence-electron chi connectivity index (χ2n) is 2.77. The first-order valence-electron chi connectivity index (χ1n) is 3.81. The largest absolute Gasteiger partial charge is 0.326 e.